The van der Waals surface area contributed by atoms with E-state index >= 15 is 0 Å². The van der Waals surface area contributed by atoms with Crippen LogP contribution < -0.4 is 9.47 Å². The van der Waals surface area contributed by atoms with Gasteiger partial charge in [-0.25, -0.2) is 9.59 Å². The molecule has 6 nitrogen and oxygen atoms in total. The molecule has 0 N–H and O–H groups in total. The Morgan fingerprint density at radius 3 is 1.30 bits per heavy atom. The molecule has 0 spiro atoms. The maximum Gasteiger partial charge on any atom is 0.347 e. The summed E-state index contributed by atoms with van der Waals surface area (Å²) >= 11 is 3.82. The number of thioether (sulfide) groups is 2. The second-order valence-corrected chi connectivity index (χ2v) is 16.0. The van der Waals surface area contributed by atoms with Gasteiger partial charge in [0, 0.05) is 15.5 Å². The minimum atomic E-state index is -0.612. The van der Waals surface area contributed by atoms with Crippen molar-refractivity contribution < 1.29 is 28.5 Å². The van der Waals surface area contributed by atoms with Gasteiger partial charge >= 0.3 is 11.9 Å². The molecule has 0 fully saturated rings. The van der Waals surface area contributed by atoms with Crippen LogP contribution in [-0.2, 0) is 19.1 Å². The molecule has 0 radical (unpaired) electrons. The van der Waals surface area contributed by atoms with Crippen molar-refractivity contribution in [2.75, 3.05) is 24.7 Å². The second-order valence-electron chi connectivity index (χ2n) is 13.6. The van der Waals surface area contributed by atoms with E-state index in [9.17, 15) is 9.59 Å². The molecule has 57 heavy (non-hydrogen) atoms. The van der Waals surface area contributed by atoms with E-state index in [4.69, 9.17) is 18.9 Å². The van der Waals surface area contributed by atoms with E-state index < -0.39 is 12.2 Å². The lowest BCUT2D eigenvalue weighted by molar-refractivity contribution is -0.151. The zero-order chi connectivity index (χ0) is 41.1. The molecule has 0 amide bonds. The van der Waals surface area contributed by atoms with Crippen molar-refractivity contribution in [3.05, 3.63) is 109 Å². The molecule has 0 aliphatic heterocycles. The number of allylic oxidation sites excluding steroid dienone is 2. The standard InChI is InChI=1S/C25H32O3S.C24H32O3S/c1-4-6-7-8-9-10-19-29-24-17-13-22(14-18-24)21-11-15-23(16-12-21)28-20(3)25(26)27-5-2;1-4-6-7-8-9-18-28-23-16-12-21(13-17-23)20-10-14-22(15-11-20)27-19(3)24(25)26-5-2/h8-9,11-18,20H,4-7,10,19H2,1-3H3;10-17,19H,4-9,18H2,1-3H3/t20-;19-/m11/s1. The third-order valence-electron chi connectivity index (χ3n) is 8.91. The van der Waals surface area contributed by atoms with Crippen LogP contribution >= 0.6 is 23.5 Å². The van der Waals surface area contributed by atoms with E-state index in [1.807, 2.05) is 72.1 Å². The van der Waals surface area contributed by atoms with Gasteiger partial charge in [-0.1, -0.05) is 113 Å². The van der Waals surface area contributed by atoms with Crippen molar-refractivity contribution in [2.45, 2.75) is 121 Å². The van der Waals surface area contributed by atoms with E-state index in [2.05, 4.69) is 74.5 Å². The zero-order valence-corrected chi connectivity index (χ0v) is 36.6. The Kier molecular flexibility index (Phi) is 23.4. The van der Waals surface area contributed by atoms with Crippen LogP contribution in [0.25, 0.3) is 22.3 Å². The molecule has 4 rings (SSSR count). The molecule has 8 heteroatoms. The Morgan fingerprint density at radius 2 is 0.877 bits per heavy atom. The Balaban J connectivity index is 0.000000306. The Labute approximate surface area is 351 Å². The molecule has 4 aromatic rings. The fraction of sp³-hybridized carbons (Fsp3) is 0.429. The van der Waals surface area contributed by atoms with Crippen molar-refractivity contribution >= 4 is 35.5 Å². The number of rotatable bonds is 24. The van der Waals surface area contributed by atoms with Gasteiger partial charge in [0.05, 0.1) is 13.2 Å². The highest BCUT2D eigenvalue weighted by Gasteiger charge is 2.16. The van der Waals surface area contributed by atoms with Crippen LogP contribution in [0.4, 0.5) is 0 Å². The van der Waals surface area contributed by atoms with Crippen LogP contribution in [-0.4, -0.2) is 48.9 Å². The molecule has 308 valence electrons. The van der Waals surface area contributed by atoms with Gasteiger partial charge in [0.2, 0.25) is 0 Å². The number of ether oxygens (including phenoxy) is 4. The molecule has 2 atom stereocenters. The predicted octanol–water partition coefficient (Wildman–Crippen LogP) is 13.7. The highest BCUT2D eigenvalue weighted by atomic mass is 32.2. The Morgan fingerprint density at radius 1 is 0.491 bits per heavy atom. The summed E-state index contributed by atoms with van der Waals surface area (Å²) in [7, 11) is 0. The molecule has 0 aromatic heterocycles. The maximum atomic E-state index is 11.7. The minimum absolute atomic E-state index is 0.343. The van der Waals surface area contributed by atoms with Crippen molar-refractivity contribution in [3.63, 3.8) is 0 Å². The van der Waals surface area contributed by atoms with Crippen molar-refractivity contribution in [2.24, 2.45) is 0 Å². The maximum absolute atomic E-state index is 11.7. The highest BCUT2D eigenvalue weighted by molar-refractivity contribution is 7.99. The van der Waals surface area contributed by atoms with Crippen molar-refractivity contribution in [3.8, 4) is 33.8 Å². The van der Waals surface area contributed by atoms with E-state index in [0.717, 1.165) is 23.3 Å². The molecule has 0 aliphatic rings. The van der Waals surface area contributed by atoms with E-state index in [1.165, 1.54) is 78.0 Å². The average molecular weight is 813 g/mol. The fourth-order valence-corrected chi connectivity index (χ4v) is 7.39. The van der Waals surface area contributed by atoms with Gasteiger partial charge < -0.3 is 18.9 Å². The monoisotopic (exact) mass is 812 g/mol. The SMILES string of the molecule is CCCCC=CCCSc1ccc(-c2ccc(O[C@H](C)C(=O)OCC)cc2)cc1.CCCCCCCSc1ccc(-c2ccc(O[C@H](C)C(=O)OCC)cc2)cc1. The summed E-state index contributed by atoms with van der Waals surface area (Å²) in [6, 6.07) is 33.0. The first-order valence-electron chi connectivity index (χ1n) is 20.8. The largest absolute Gasteiger partial charge is 0.479 e. The minimum Gasteiger partial charge on any atom is -0.479 e. The Bertz CT molecular complexity index is 1700. The lowest BCUT2D eigenvalue weighted by Gasteiger charge is -2.13. The quantitative estimate of drug-likeness (QED) is 0.0300. The number of carbonyl (C=O) groups is 2. The first-order chi connectivity index (χ1) is 27.8. The molecular formula is C49H64O6S2. The second kappa shape index (κ2) is 28.3. The summed E-state index contributed by atoms with van der Waals surface area (Å²) in [5.41, 5.74) is 4.60. The summed E-state index contributed by atoms with van der Waals surface area (Å²) in [4.78, 5) is 25.9. The third kappa shape index (κ3) is 18.8. The molecule has 0 saturated carbocycles. The van der Waals surface area contributed by atoms with Gasteiger partial charge in [-0.15, -0.1) is 23.5 Å². The van der Waals surface area contributed by atoms with Gasteiger partial charge in [0.15, 0.2) is 12.2 Å². The third-order valence-corrected chi connectivity index (χ3v) is 11.1. The number of hydrogen-bond donors (Lipinski definition) is 0. The summed E-state index contributed by atoms with van der Waals surface area (Å²) in [5.74, 6) is 2.93. The van der Waals surface area contributed by atoms with Crippen LogP contribution in [0.15, 0.2) is 119 Å². The fourth-order valence-electron chi connectivity index (χ4n) is 5.66. The van der Waals surface area contributed by atoms with Gasteiger partial charge in [0.1, 0.15) is 11.5 Å². The average Bonchev–Trinajstić information content (AvgIpc) is 3.23. The number of benzene rings is 4. The predicted molar refractivity (Wildman–Crippen MR) is 241 cm³/mol. The van der Waals surface area contributed by atoms with Gasteiger partial charge in [-0.2, -0.15) is 0 Å². The number of esters is 2. The topological polar surface area (TPSA) is 71.1 Å². The van der Waals surface area contributed by atoms with Crippen molar-refractivity contribution in [1.29, 1.82) is 0 Å². The van der Waals surface area contributed by atoms with Crippen LogP contribution in [0.2, 0.25) is 0 Å². The van der Waals surface area contributed by atoms with Crippen LogP contribution in [0.1, 0.15) is 99.3 Å². The number of unbranched alkanes of at least 4 members (excludes halogenated alkanes) is 6. The first kappa shape index (κ1) is 47.2. The molecule has 0 saturated heterocycles. The van der Waals surface area contributed by atoms with Gasteiger partial charge in [0.25, 0.3) is 0 Å². The lowest BCUT2D eigenvalue weighted by atomic mass is 10.1. The molecule has 0 unspecified atom stereocenters. The van der Waals surface area contributed by atoms with Crippen LogP contribution in [0.5, 0.6) is 11.5 Å². The summed E-state index contributed by atoms with van der Waals surface area (Å²) in [6.07, 6.45) is 14.9. The number of hydrogen-bond acceptors (Lipinski definition) is 8. The van der Waals surface area contributed by atoms with Gasteiger partial charge in [-0.05, 0) is 123 Å². The Hall–Kier alpha value is -4.14. The summed E-state index contributed by atoms with van der Waals surface area (Å²) < 4.78 is 21.2. The summed E-state index contributed by atoms with van der Waals surface area (Å²) in [6.45, 7) is 12.2. The number of carbonyl (C=O) groups excluding carboxylic acids is 2. The lowest BCUT2D eigenvalue weighted by Crippen LogP contribution is -2.25. The van der Waals surface area contributed by atoms with Gasteiger partial charge in [-0.3, -0.25) is 0 Å². The van der Waals surface area contributed by atoms with Crippen LogP contribution in [0, 0.1) is 0 Å². The summed E-state index contributed by atoms with van der Waals surface area (Å²) in [5, 5.41) is 0. The van der Waals surface area contributed by atoms with E-state index in [-0.39, 0.29) is 11.9 Å². The normalized spacial score (nSPS) is 12.0. The first-order valence-corrected chi connectivity index (χ1v) is 22.7. The molecule has 0 heterocycles. The molecule has 4 aromatic carbocycles. The zero-order valence-electron chi connectivity index (χ0n) is 35.0. The van der Waals surface area contributed by atoms with E-state index in [0.29, 0.717) is 24.7 Å². The molecular weight excluding hydrogens is 749 g/mol. The highest BCUT2D eigenvalue weighted by Crippen LogP contribution is 2.28. The van der Waals surface area contributed by atoms with Crippen molar-refractivity contribution in [1.82, 2.24) is 0 Å². The van der Waals surface area contributed by atoms with E-state index in [1.54, 1.807) is 27.7 Å². The molecule has 0 bridgehead atoms. The smallest absolute Gasteiger partial charge is 0.347 e. The van der Waals surface area contributed by atoms with Crippen LogP contribution in [0.3, 0.4) is 0 Å². The molecule has 0 aliphatic carbocycles.